The Kier molecular flexibility index (Phi) is 7.40. The van der Waals surface area contributed by atoms with Crippen molar-refractivity contribution in [2.45, 2.75) is 56.2 Å². The van der Waals surface area contributed by atoms with Gasteiger partial charge in [0.25, 0.3) is 11.8 Å². The molecule has 3 saturated heterocycles. The zero-order chi connectivity index (χ0) is 29.0. The molecular weight excluding hydrogens is 573 g/mol. The highest BCUT2D eigenvalue weighted by molar-refractivity contribution is 7.94. The van der Waals surface area contributed by atoms with Crippen LogP contribution in [-0.4, -0.2) is 72.9 Å². The number of carbonyl (C=O) groups is 3. The lowest BCUT2D eigenvalue weighted by Crippen LogP contribution is -2.68. The molecular formula is C26H28ClF3N4O5S. The third-order valence-corrected chi connectivity index (χ3v) is 9.15. The number of H-pyrrole nitrogens is 1. The van der Waals surface area contributed by atoms with E-state index in [-0.39, 0.29) is 30.9 Å². The number of aromatic nitrogens is 1. The van der Waals surface area contributed by atoms with Crippen molar-refractivity contribution < 1.29 is 36.0 Å². The molecule has 0 spiro atoms. The largest absolute Gasteiger partial charge is 0.356 e. The number of piperidine rings is 2. The van der Waals surface area contributed by atoms with Crippen LogP contribution in [0.5, 0.6) is 0 Å². The molecule has 1 aromatic carbocycles. The van der Waals surface area contributed by atoms with Gasteiger partial charge < -0.3 is 20.5 Å². The topological polar surface area (TPSA) is 128 Å². The van der Waals surface area contributed by atoms with Crippen molar-refractivity contribution in [3.8, 4) is 0 Å². The fourth-order valence-corrected chi connectivity index (χ4v) is 6.71. The van der Waals surface area contributed by atoms with Gasteiger partial charge in [-0.15, -0.1) is 0 Å². The van der Waals surface area contributed by atoms with Crippen LogP contribution in [0.2, 0.25) is 5.02 Å². The molecule has 1 aliphatic carbocycles. The molecule has 14 heteroatoms. The van der Waals surface area contributed by atoms with Gasteiger partial charge in [-0.1, -0.05) is 23.7 Å². The summed E-state index contributed by atoms with van der Waals surface area (Å²) in [5, 5.41) is 4.55. The van der Waals surface area contributed by atoms with Gasteiger partial charge in [0.1, 0.15) is 11.7 Å². The van der Waals surface area contributed by atoms with Crippen molar-refractivity contribution in [3.63, 3.8) is 0 Å². The van der Waals surface area contributed by atoms with E-state index in [1.807, 2.05) is 0 Å². The summed E-state index contributed by atoms with van der Waals surface area (Å²) in [6.45, 7) is 0.359. The van der Waals surface area contributed by atoms with E-state index in [1.54, 1.807) is 18.2 Å². The molecule has 4 fully saturated rings. The quantitative estimate of drug-likeness (QED) is 0.449. The summed E-state index contributed by atoms with van der Waals surface area (Å²) in [6, 6.07) is 2.74. The van der Waals surface area contributed by atoms with Crippen molar-refractivity contribution in [3.05, 3.63) is 46.2 Å². The molecule has 9 nitrogen and oxygen atoms in total. The second kappa shape index (κ2) is 10.4. The molecule has 216 valence electrons. The Hall–Kier alpha value is -3.06. The van der Waals surface area contributed by atoms with E-state index in [2.05, 4.69) is 15.6 Å². The molecule has 2 aromatic rings. The van der Waals surface area contributed by atoms with Gasteiger partial charge in [-0.3, -0.25) is 14.4 Å². The summed E-state index contributed by atoms with van der Waals surface area (Å²) in [5.74, 6) is -7.37. The van der Waals surface area contributed by atoms with Crippen LogP contribution in [0, 0.1) is 11.8 Å². The summed E-state index contributed by atoms with van der Waals surface area (Å²) in [7, 11) is -4.27. The minimum Gasteiger partial charge on any atom is -0.356 e. The van der Waals surface area contributed by atoms with Crippen LogP contribution in [0.25, 0.3) is 10.9 Å². The lowest BCUT2D eigenvalue weighted by Gasteiger charge is -2.53. The Labute approximate surface area is 233 Å². The van der Waals surface area contributed by atoms with Crippen LogP contribution in [0.15, 0.2) is 35.5 Å². The van der Waals surface area contributed by atoms with E-state index < -0.39 is 69.1 Å². The monoisotopic (exact) mass is 600 g/mol. The Balaban J connectivity index is 1.48. The number of carbonyl (C=O) groups excluding carboxylic acids is 3. The second-order valence-corrected chi connectivity index (χ2v) is 13.1. The number of halogens is 4. The fraction of sp³-hybridized carbons (Fsp3) is 0.500. The summed E-state index contributed by atoms with van der Waals surface area (Å²) in [5.41, 5.74) is 0.552. The summed E-state index contributed by atoms with van der Waals surface area (Å²) in [4.78, 5) is 43.6. The molecule has 0 radical (unpaired) electrons. The highest BCUT2D eigenvalue weighted by Gasteiger charge is 2.60. The van der Waals surface area contributed by atoms with E-state index in [0.29, 0.717) is 41.2 Å². The first kappa shape index (κ1) is 28.5. The van der Waals surface area contributed by atoms with E-state index in [1.165, 1.54) is 6.07 Å². The van der Waals surface area contributed by atoms with Crippen LogP contribution >= 0.6 is 11.6 Å². The Morgan fingerprint density at radius 3 is 2.65 bits per heavy atom. The molecule has 4 aliphatic rings. The smallest absolute Gasteiger partial charge is 0.271 e. The normalized spacial score (nSPS) is 27.1. The standard InChI is InChI=1S/C26H28ClF3N4O5S/c1-40(38,39)20(28)11-15(9-14-7-8-31-23(14)35)32-24(36)22-17-6-5-16(12-26(17,29)30)34(22)25(37)19-10-13-3-2-4-18(27)21(13)33-19/h2-4,10-11,14-17,22,33H,5-9,12H2,1H3,(H,31,35)(H,32,36)/b20-11-/t14-,15-,16+,17+,22-/m1/s1. The number of benzene rings is 1. The number of nitrogens with zero attached hydrogens (tertiary/aromatic N) is 1. The van der Waals surface area contributed by atoms with Crippen molar-refractivity contribution in [1.82, 2.24) is 20.5 Å². The highest BCUT2D eigenvalue weighted by Crippen LogP contribution is 2.49. The molecule has 5 atom stereocenters. The van der Waals surface area contributed by atoms with Crippen LogP contribution < -0.4 is 10.6 Å². The lowest BCUT2D eigenvalue weighted by molar-refractivity contribution is -0.179. The minimum atomic E-state index is -4.27. The van der Waals surface area contributed by atoms with Gasteiger partial charge >= 0.3 is 0 Å². The van der Waals surface area contributed by atoms with Gasteiger partial charge in [0.15, 0.2) is 0 Å². The number of sulfone groups is 1. The van der Waals surface area contributed by atoms with Crippen molar-refractivity contribution >= 4 is 50.1 Å². The predicted molar refractivity (Wildman–Crippen MR) is 141 cm³/mol. The zero-order valence-electron chi connectivity index (χ0n) is 21.4. The maximum atomic E-state index is 15.1. The predicted octanol–water partition coefficient (Wildman–Crippen LogP) is 3.32. The maximum absolute atomic E-state index is 15.1. The number of para-hydroxylation sites is 1. The first-order valence-electron chi connectivity index (χ1n) is 12.9. The molecule has 3 N–H and O–H groups in total. The van der Waals surface area contributed by atoms with Crippen LogP contribution in [-0.2, 0) is 19.4 Å². The van der Waals surface area contributed by atoms with Crippen LogP contribution in [0.4, 0.5) is 13.2 Å². The lowest BCUT2D eigenvalue weighted by atomic mass is 9.71. The van der Waals surface area contributed by atoms with Crippen molar-refractivity contribution in [1.29, 1.82) is 0 Å². The average molecular weight is 601 g/mol. The summed E-state index contributed by atoms with van der Waals surface area (Å²) in [6.07, 6.45) is 1.19. The molecule has 4 heterocycles. The molecule has 1 aromatic heterocycles. The van der Waals surface area contributed by atoms with Gasteiger partial charge in [0, 0.05) is 36.6 Å². The van der Waals surface area contributed by atoms with E-state index in [9.17, 15) is 27.2 Å². The number of alkyl halides is 2. The number of aromatic amines is 1. The number of rotatable bonds is 7. The molecule has 40 heavy (non-hydrogen) atoms. The van der Waals surface area contributed by atoms with E-state index >= 15 is 8.78 Å². The van der Waals surface area contributed by atoms with Gasteiger partial charge in [-0.05, 0) is 43.9 Å². The number of hydrogen-bond donors (Lipinski definition) is 3. The third-order valence-electron chi connectivity index (χ3n) is 7.99. The van der Waals surface area contributed by atoms with Crippen molar-refractivity contribution in [2.75, 3.05) is 12.8 Å². The summed E-state index contributed by atoms with van der Waals surface area (Å²) >= 11 is 6.22. The zero-order valence-corrected chi connectivity index (χ0v) is 23.0. The van der Waals surface area contributed by atoms with Crippen molar-refractivity contribution in [2.24, 2.45) is 11.8 Å². The van der Waals surface area contributed by atoms with Crippen LogP contribution in [0.3, 0.4) is 0 Å². The third kappa shape index (κ3) is 5.32. The van der Waals surface area contributed by atoms with Gasteiger partial charge in [0.2, 0.25) is 26.8 Å². The number of amides is 3. The SMILES string of the molecule is CS(=O)(=O)/C(F)=C\[C@@H](C[C@H]1CCNC1=O)NC(=O)[C@H]1[C@@H]2CC[C@@H](CC2(F)F)N1C(=O)c1cc2cccc(Cl)c2[nH]1. The second-order valence-electron chi connectivity index (χ2n) is 10.7. The number of fused-ring (bicyclic) bond motifs is 4. The first-order chi connectivity index (χ1) is 18.8. The highest BCUT2D eigenvalue weighted by atomic mass is 35.5. The number of hydrogen-bond acceptors (Lipinski definition) is 5. The Morgan fingerprint density at radius 2 is 2.02 bits per heavy atom. The molecule has 2 bridgehead atoms. The molecule has 1 saturated carbocycles. The number of nitrogens with one attached hydrogen (secondary N) is 3. The average Bonchev–Trinajstić information content (AvgIpc) is 3.49. The molecule has 0 unspecified atom stereocenters. The minimum absolute atomic E-state index is 0.0126. The maximum Gasteiger partial charge on any atom is 0.271 e. The van der Waals surface area contributed by atoms with Gasteiger partial charge in [-0.25, -0.2) is 17.2 Å². The summed E-state index contributed by atoms with van der Waals surface area (Å²) < 4.78 is 68.2. The molecule has 3 aliphatic heterocycles. The Bertz CT molecular complexity index is 1510. The van der Waals surface area contributed by atoms with E-state index in [4.69, 9.17) is 11.6 Å². The Morgan fingerprint density at radius 1 is 1.27 bits per heavy atom. The van der Waals surface area contributed by atoms with E-state index in [0.717, 1.165) is 4.90 Å². The van der Waals surface area contributed by atoms with Crippen LogP contribution in [0.1, 0.15) is 42.6 Å². The molecule has 3 amide bonds. The fourth-order valence-electron chi connectivity index (χ4n) is 6.07. The van der Waals surface area contributed by atoms with Gasteiger partial charge in [0.05, 0.1) is 22.5 Å². The van der Waals surface area contributed by atoms with Gasteiger partial charge in [-0.2, -0.15) is 4.39 Å². The first-order valence-corrected chi connectivity index (χ1v) is 15.2. The molecule has 6 rings (SSSR count).